The van der Waals surface area contributed by atoms with Crippen LogP contribution in [0.2, 0.25) is 0 Å². The molecule has 2 atom stereocenters. The molecule has 2 aromatic rings. The van der Waals surface area contributed by atoms with Gasteiger partial charge in [0.1, 0.15) is 0 Å². The SMILES string of the molecule is CN(CCCC1CC(c2ccccc2)NN1)C(=O)c1cccc(CN2CCCC2)c1. The molecule has 2 aromatic carbocycles. The van der Waals surface area contributed by atoms with Crippen LogP contribution in [-0.4, -0.2) is 48.4 Å². The topological polar surface area (TPSA) is 47.6 Å². The van der Waals surface area contributed by atoms with Crippen molar-refractivity contribution in [3.05, 3.63) is 71.3 Å². The minimum atomic E-state index is 0.123. The average Bonchev–Trinajstić information content (AvgIpc) is 3.46. The van der Waals surface area contributed by atoms with Crippen molar-refractivity contribution in [2.24, 2.45) is 0 Å². The summed E-state index contributed by atoms with van der Waals surface area (Å²) in [5.74, 6) is 0.123. The van der Waals surface area contributed by atoms with Crippen molar-refractivity contribution in [2.75, 3.05) is 26.7 Å². The van der Waals surface area contributed by atoms with Crippen molar-refractivity contribution in [3.63, 3.8) is 0 Å². The molecule has 2 unspecified atom stereocenters. The van der Waals surface area contributed by atoms with Gasteiger partial charge in [-0.25, -0.2) is 0 Å². The Hall–Kier alpha value is -2.21. The summed E-state index contributed by atoms with van der Waals surface area (Å²) in [5.41, 5.74) is 10.2. The largest absolute Gasteiger partial charge is 0.342 e. The van der Waals surface area contributed by atoms with E-state index in [-0.39, 0.29) is 5.91 Å². The molecule has 5 nitrogen and oxygen atoms in total. The number of benzene rings is 2. The fourth-order valence-corrected chi connectivity index (χ4v) is 4.61. The minimum Gasteiger partial charge on any atom is -0.342 e. The molecule has 2 N–H and O–H groups in total. The Balaban J connectivity index is 1.22. The van der Waals surface area contributed by atoms with Crippen LogP contribution >= 0.6 is 0 Å². The van der Waals surface area contributed by atoms with Crippen LogP contribution < -0.4 is 10.9 Å². The van der Waals surface area contributed by atoms with E-state index in [0.717, 1.165) is 37.9 Å². The number of hydrogen-bond acceptors (Lipinski definition) is 4. The summed E-state index contributed by atoms with van der Waals surface area (Å²) in [4.78, 5) is 17.2. The van der Waals surface area contributed by atoms with Crippen LogP contribution in [0.1, 0.15) is 59.6 Å². The highest BCUT2D eigenvalue weighted by atomic mass is 16.2. The molecule has 2 aliphatic heterocycles. The molecular weight excluding hydrogens is 372 g/mol. The van der Waals surface area contributed by atoms with Gasteiger partial charge in [-0.15, -0.1) is 0 Å². The Kier molecular flexibility index (Phi) is 7.16. The molecule has 2 heterocycles. The highest BCUT2D eigenvalue weighted by Crippen LogP contribution is 2.24. The van der Waals surface area contributed by atoms with E-state index >= 15 is 0 Å². The number of nitrogens with one attached hydrogen (secondary N) is 2. The van der Waals surface area contributed by atoms with E-state index < -0.39 is 0 Å². The fraction of sp³-hybridized carbons (Fsp3) is 0.480. The third-order valence-corrected chi connectivity index (χ3v) is 6.36. The van der Waals surface area contributed by atoms with Gasteiger partial charge in [0.25, 0.3) is 5.91 Å². The van der Waals surface area contributed by atoms with Gasteiger partial charge in [0.05, 0.1) is 0 Å². The van der Waals surface area contributed by atoms with Crippen LogP contribution in [0.4, 0.5) is 0 Å². The molecule has 160 valence electrons. The normalized spacial score (nSPS) is 21.8. The monoisotopic (exact) mass is 406 g/mol. The Bertz CT molecular complexity index is 819. The molecule has 2 fully saturated rings. The summed E-state index contributed by atoms with van der Waals surface area (Å²) in [5, 5.41) is 0. The van der Waals surface area contributed by atoms with Crippen molar-refractivity contribution in [1.82, 2.24) is 20.7 Å². The summed E-state index contributed by atoms with van der Waals surface area (Å²) >= 11 is 0. The summed E-state index contributed by atoms with van der Waals surface area (Å²) in [6.45, 7) is 4.08. The molecule has 1 amide bonds. The van der Waals surface area contributed by atoms with Gasteiger partial charge < -0.3 is 4.90 Å². The Morgan fingerprint density at radius 2 is 1.87 bits per heavy atom. The molecule has 0 aromatic heterocycles. The van der Waals surface area contributed by atoms with Gasteiger partial charge >= 0.3 is 0 Å². The van der Waals surface area contributed by atoms with Gasteiger partial charge in [-0.1, -0.05) is 42.5 Å². The zero-order valence-electron chi connectivity index (χ0n) is 18.0. The second kappa shape index (κ2) is 10.2. The number of nitrogens with zero attached hydrogens (tertiary/aromatic N) is 2. The highest BCUT2D eigenvalue weighted by Gasteiger charge is 2.24. The van der Waals surface area contributed by atoms with Gasteiger partial charge in [-0.3, -0.25) is 20.5 Å². The summed E-state index contributed by atoms with van der Waals surface area (Å²) < 4.78 is 0. The Morgan fingerprint density at radius 1 is 1.07 bits per heavy atom. The van der Waals surface area contributed by atoms with Gasteiger partial charge in [0.15, 0.2) is 0 Å². The number of rotatable bonds is 8. The molecule has 4 rings (SSSR count). The maximum absolute atomic E-state index is 12.9. The first-order valence-corrected chi connectivity index (χ1v) is 11.3. The third kappa shape index (κ3) is 5.48. The second-order valence-electron chi connectivity index (χ2n) is 8.74. The molecule has 2 aliphatic rings. The van der Waals surface area contributed by atoms with Gasteiger partial charge in [0.2, 0.25) is 0 Å². The standard InChI is InChI=1S/C25H34N4O/c1-28(14-8-13-23-18-24(27-26-23)21-10-3-2-4-11-21)25(30)22-12-7-9-20(17-22)19-29-15-5-6-16-29/h2-4,7,9-12,17,23-24,26-27H,5-6,8,13-16,18-19H2,1H3. The van der Waals surface area contributed by atoms with Gasteiger partial charge in [-0.2, -0.15) is 0 Å². The van der Waals surface area contributed by atoms with Crippen LogP contribution in [-0.2, 0) is 6.54 Å². The number of hydrazine groups is 1. The van der Waals surface area contributed by atoms with Crippen molar-refractivity contribution < 1.29 is 4.79 Å². The molecule has 0 saturated carbocycles. The lowest BCUT2D eigenvalue weighted by atomic mass is 10.00. The molecule has 5 heteroatoms. The van der Waals surface area contributed by atoms with Gasteiger partial charge in [0, 0.05) is 37.8 Å². The number of carbonyl (C=O) groups is 1. The molecule has 0 radical (unpaired) electrons. The molecule has 30 heavy (non-hydrogen) atoms. The Labute approximate surface area is 180 Å². The molecule has 0 aliphatic carbocycles. The minimum absolute atomic E-state index is 0.123. The number of carbonyl (C=O) groups excluding carboxylic acids is 1. The predicted molar refractivity (Wildman–Crippen MR) is 121 cm³/mol. The Morgan fingerprint density at radius 3 is 2.67 bits per heavy atom. The van der Waals surface area contributed by atoms with Crippen molar-refractivity contribution in [1.29, 1.82) is 0 Å². The van der Waals surface area contributed by atoms with Crippen LogP contribution in [0.3, 0.4) is 0 Å². The van der Waals surface area contributed by atoms with Crippen LogP contribution in [0, 0.1) is 0 Å². The first kappa shape index (κ1) is 21.0. The zero-order valence-corrected chi connectivity index (χ0v) is 18.0. The summed E-state index contributed by atoms with van der Waals surface area (Å²) in [6.07, 6.45) is 5.72. The molecular formula is C25H34N4O. The molecule has 0 spiro atoms. The number of amides is 1. The van der Waals surface area contributed by atoms with E-state index in [4.69, 9.17) is 0 Å². The molecule has 2 saturated heterocycles. The number of hydrogen-bond donors (Lipinski definition) is 2. The molecule has 0 bridgehead atoms. The van der Waals surface area contributed by atoms with Crippen molar-refractivity contribution >= 4 is 5.91 Å². The van der Waals surface area contributed by atoms with E-state index in [1.165, 1.54) is 37.1 Å². The van der Waals surface area contributed by atoms with Crippen molar-refractivity contribution in [2.45, 2.75) is 50.7 Å². The average molecular weight is 407 g/mol. The summed E-state index contributed by atoms with van der Waals surface area (Å²) in [7, 11) is 1.92. The van der Waals surface area contributed by atoms with Crippen molar-refractivity contribution in [3.8, 4) is 0 Å². The van der Waals surface area contributed by atoms with Crippen LogP contribution in [0.25, 0.3) is 0 Å². The second-order valence-corrected chi connectivity index (χ2v) is 8.74. The van der Waals surface area contributed by atoms with Gasteiger partial charge in [-0.05, 0) is 68.5 Å². The lowest BCUT2D eigenvalue weighted by Gasteiger charge is -2.19. The van der Waals surface area contributed by atoms with Crippen LogP contribution in [0.5, 0.6) is 0 Å². The van der Waals surface area contributed by atoms with E-state index in [1.807, 2.05) is 24.1 Å². The number of likely N-dealkylation sites (tertiary alicyclic amines) is 1. The lowest BCUT2D eigenvalue weighted by Crippen LogP contribution is -2.32. The maximum atomic E-state index is 12.9. The van der Waals surface area contributed by atoms with Crippen LogP contribution in [0.15, 0.2) is 54.6 Å². The zero-order chi connectivity index (χ0) is 20.8. The first-order chi connectivity index (χ1) is 14.7. The quantitative estimate of drug-likeness (QED) is 0.701. The third-order valence-electron chi connectivity index (χ3n) is 6.36. The lowest BCUT2D eigenvalue weighted by molar-refractivity contribution is 0.0791. The maximum Gasteiger partial charge on any atom is 0.253 e. The highest BCUT2D eigenvalue weighted by molar-refractivity contribution is 5.94. The van der Waals surface area contributed by atoms with E-state index in [9.17, 15) is 4.79 Å². The van der Waals surface area contributed by atoms with E-state index in [1.54, 1.807) is 0 Å². The fourth-order valence-electron chi connectivity index (χ4n) is 4.61. The smallest absolute Gasteiger partial charge is 0.253 e. The predicted octanol–water partition coefficient (Wildman–Crippen LogP) is 3.74. The van der Waals surface area contributed by atoms with E-state index in [0.29, 0.717) is 12.1 Å². The van der Waals surface area contributed by atoms with E-state index in [2.05, 4.69) is 58.2 Å². The summed E-state index contributed by atoms with van der Waals surface area (Å²) in [6, 6.07) is 19.6. The first-order valence-electron chi connectivity index (χ1n) is 11.3.